The van der Waals surface area contributed by atoms with Crippen LogP contribution in [0.15, 0.2) is 48.5 Å². The molecule has 102 valence electrons. The first kappa shape index (κ1) is 14.0. The third-order valence-electron chi connectivity index (χ3n) is 2.89. The van der Waals surface area contributed by atoms with Crippen LogP contribution >= 0.6 is 0 Å². The van der Waals surface area contributed by atoms with Gasteiger partial charge in [0, 0.05) is 5.56 Å². The van der Waals surface area contributed by atoms with Gasteiger partial charge in [-0.3, -0.25) is 9.59 Å². The maximum Gasteiger partial charge on any atom is 0.170 e. The van der Waals surface area contributed by atoms with Gasteiger partial charge in [0.2, 0.25) is 0 Å². The highest BCUT2D eigenvalue weighted by molar-refractivity contribution is 6.08. The second-order valence-electron chi connectivity index (χ2n) is 4.69. The van der Waals surface area contributed by atoms with E-state index >= 15 is 0 Å². The lowest BCUT2D eigenvalue weighted by atomic mass is 10.0. The normalized spacial score (nSPS) is 10.1. The van der Waals surface area contributed by atoms with Gasteiger partial charge in [0.25, 0.3) is 0 Å². The van der Waals surface area contributed by atoms with Crippen LogP contribution in [-0.4, -0.2) is 11.6 Å². The first-order valence-corrected chi connectivity index (χ1v) is 6.42. The molecule has 0 aromatic heterocycles. The van der Waals surface area contributed by atoms with Crippen molar-refractivity contribution in [3.63, 3.8) is 0 Å². The van der Waals surface area contributed by atoms with Gasteiger partial charge in [0.05, 0.1) is 6.42 Å². The van der Waals surface area contributed by atoms with Crippen LogP contribution in [0.3, 0.4) is 0 Å². The molecule has 2 aromatic carbocycles. The molecular weight excluding hydrogens is 252 g/mol. The van der Waals surface area contributed by atoms with Crippen LogP contribution in [-0.2, 0) is 4.79 Å². The van der Waals surface area contributed by atoms with E-state index in [1.54, 1.807) is 18.2 Å². The van der Waals surface area contributed by atoms with Gasteiger partial charge in [-0.15, -0.1) is 0 Å². The fourth-order valence-electron chi connectivity index (χ4n) is 1.96. The molecule has 0 unspecified atom stereocenters. The molecule has 0 aliphatic rings. The number of Topliss-reactive ketones (excluding diaryl/α,β-unsaturated/α-hetero) is 2. The van der Waals surface area contributed by atoms with Crippen molar-refractivity contribution >= 4 is 11.6 Å². The Balaban J connectivity index is 2.17. The highest BCUT2D eigenvalue weighted by Crippen LogP contribution is 2.24. The van der Waals surface area contributed by atoms with Gasteiger partial charge in [-0.1, -0.05) is 18.2 Å². The van der Waals surface area contributed by atoms with Crippen molar-refractivity contribution in [3.8, 4) is 11.5 Å². The number of aryl methyl sites for hydroxylation is 1. The molecule has 0 bridgehead atoms. The molecule has 0 saturated heterocycles. The number of para-hydroxylation sites is 1. The summed E-state index contributed by atoms with van der Waals surface area (Å²) in [5, 5.41) is 0. The Morgan fingerprint density at radius 2 is 1.70 bits per heavy atom. The van der Waals surface area contributed by atoms with E-state index in [2.05, 4.69) is 0 Å². The highest BCUT2D eigenvalue weighted by atomic mass is 16.5. The van der Waals surface area contributed by atoms with E-state index < -0.39 is 0 Å². The summed E-state index contributed by atoms with van der Waals surface area (Å²) in [7, 11) is 0. The summed E-state index contributed by atoms with van der Waals surface area (Å²) in [5.41, 5.74) is 1.38. The van der Waals surface area contributed by atoms with Gasteiger partial charge in [0.1, 0.15) is 17.3 Å². The molecule has 0 aliphatic carbocycles. The first-order valence-electron chi connectivity index (χ1n) is 6.42. The average Bonchev–Trinajstić information content (AvgIpc) is 2.39. The lowest BCUT2D eigenvalue weighted by Crippen LogP contribution is -2.06. The van der Waals surface area contributed by atoms with Gasteiger partial charge in [-0.25, -0.2) is 0 Å². The van der Waals surface area contributed by atoms with Gasteiger partial charge in [-0.2, -0.15) is 0 Å². The highest BCUT2D eigenvalue weighted by Gasteiger charge is 2.12. The smallest absolute Gasteiger partial charge is 0.170 e. The maximum atomic E-state index is 11.9. The topological polar surface area (TPSA) is 43.4 Å². The predicted molar refractivity (Wildman–Crippen MR) is 77.3 cm³/mol. The first-order chi connectivity index (χ1) is 9.56. The van der Waals surface area contributed by atoms with E-state index in [0.29, 0.717) is 11.3 Å². The molecule has 2 aromatic rings. The molecule has 3 nitrogen and oxygen atoms in total. The summed E-state index contributed by atoms with van der Waals surface area (Å²) in [4.78, 5) is 22.9. The average molecular weight is 268 g/mol. The molecule has 0 spiro atoms. The van der Waals surface area contributed by atoms with Crippen molar-refractivity contribution in [3.05, 3.63) is 59.7 Å². The largest absolute Gasteiger partial charge is 0.457 e. The Hall–Kier alpha value is -2.42. The number of hydrogen-bond donors (Lipinski definition) is 0. The van der Waals surface area contributed by atoms with Crippen LogP contribution in [0, 0.1) is 6.92 Å². The quantitative estimate of drug-likeness (QED) is 0.609. The van der Waals surface area contributed by atoms with Gasteiger partial charge < -0.3 is 4.74 Å². The molecule has 0 heterocycles. The van der Waals surface area contributed by atoms with E-state index in [1.807, 2.05) is 37.3 Å². The predicted octanol–water partition coefficient (Wildman–Crippen LogP) is 3.95. The molecule has 20 heavy (non-hydrogen) atoms. The fraction of sp³-hybridized carbons (Fsp3) is 0.176. The molecule has 2 rings (SSSR count). The SMILES string of the molecule is CC(=O)CC(=O)c1ccc(Oc2ccccc2)cc1C. The minimum Gasteiger partial charge on any atom is -0.457 e. The number of carbonyl (C=O) groups is 2. The number of rotatable bonds is 5. The Kier molecular flexibility index (Phi) is 4.31. The van der Waals surface area contributed by atoms with Crippen molar-refractivity contribution in [2.45, 2.75) is 20.3 Å². The van der Waals surface area contributed by atoms with Gasteiger partial charge in [-0.05, 0) is 49.7 Å². The summed E-state index contributed by atoms with van der Waals surface area (Å²) in [5.74, 6) is 1.14. The second kappa shape index (κ2) is 6.15. The molecule has 0 fully saturated rings. The van der Waals surface area contributed by atoms with Gasteiger partial charge >= 0.3 is 0 Å². The zero-order valence-corrected chi connectivity index (χ0v) is 11.6. The summed E-state index contributed by atoms with van der Waals surface area (Å²) < 4.78 is 5.70. The summed E-state index contributed by atoms with van der Waals surface area (Å²) in [6, 6.07) is 14.7. The third kappa shape index (κ3) is 3.54. The van der Waals surface area contributed by atoms with Crippen molar-refractivity contribution in [2.75, 3.05) is 0 Å². The minimum atomic E-state index is -0.152. The van der Waals surface area contributed by atoms with Crippen LogP contribution < -0.4 is 4.74 Å². The van der Waals surface area contributed by atoms with E-state index in [-0.39, 0.29) is 18.0 Å². The van der Waals surface area contributed by atoms with Crippen LogP contribution in [0.25, 0.3) is 0 Å². The molecule has 3 heteroatoms. The summed E-state index contributed by atoms with van der Waals surface area (Å²) in [6.45, 7) is 3.26. The lowest BCUT2D eigenvalue weighted by molar-refractivity contribution is -0.116. The van der Waals surface area contributed by atoms with E-state index in [1.165, 1.54) is 6.92 Å². The standard InChI is InChI=1S/C17H16O3/c1-12-10-15(20-14-6-4-3-5-7-14)8-9-16(12)17(19)11-13(2)18/h3-10H,11H2,1-2H3. The number of benzene rings is 2. The van der Waals surface area contributed by atoms with E-state index in [9.17, 15) is 9.59 Å². The summed E-state index contributed by atoms with van der Waals surface area (Å²) >= 11 is 0. The van der Waals surface area contributed by atoms with Crippen molar-refractivity contribution in [1.82, 2.24) is 0 Å². The summed E-state index contributed by atoms with van der Waals surface area (Å²) in [6.07, 6.45) is -0.0558. The van der Waals surface area contributed by atoms with Crippen LogP contribution in [0.5, 0.6) is 11.5 Å². The number of ketones is 2. The third-order valence-corrected chi connectivity index (χ3v) is 2.89. The molecule has 0 amide bonds. The molecule has 0 aliphatic heterocycles. The second-order valence-corrected chi connectivity index (χ2v) is 4.69. The minimum absolute atomic E-state index is 0.0558. The molecule has 0 saturated carbocycles. The fourth-order valence-corrected chi connectivity index (χ4v) is 1.96. The number of ether oxygens (including phenoxy) is 1. The van der Waals surface area contributed by atoms with Crippen molar-refractivity contribution < 1.29 is 14.3 Å². The Labute approximate surface area is 118 Å². The zero-order chi connectivity index (χ0) is 14.5. The number of carbonyl (C=O) groups excluding carboxylic acids is 2. The monoisotopic (exact) mass is 268 g/mol. The lowest BCUT2D eigenvalue weighted by Gasteiger charge is -2.09. The van der Waals surface area contributed by atoms with Crippen molar-refractivity contribution in [1.29, 1.82) is 0 Å². The van der Waals surface area contributed by atoms with Gasteiger partial charge in [0.15, 0.2) is 5.78 Å². The van der Waals surface area contributed by atoms with Crippen LogP contribution in [0.2, 0.25) is 0 Å². The zero-order valence-electron chi connectivity index (χ0n) is 11.6. The van der Waals surface area contributed by atoms with E-state index in [4.69, 9.17) is 4.74 Å². The van der Waals surface area contributed by atoms with Crippen LogP contribution in [0.1, 0.15) is 29.3 Å². The molecule has 0 atom stereocenters. The Morgan fingerprint density at radius 3 is 2.30 bits per heavy atom. The maximum absolute atomic E-state index is 11.9. The molecular formula is C17H16O3. The van der Waals surface area contributed by atoms with E-state index in [0.717, 1.165) is 11.3 Å². The number of hydrogen-bond acceptors (Lipinski definition) is 3. The van der Waals surface area contributed by atoms with Crippen molar-refractivity contribution in [2.24, 2.45) is 0 Å². The Bertz CT molecular complexity index is 630. The Morgan fingerprint density at radius 1 is 1.00 bits per heavy atom. The molecule has 0 N–H and O–H groups in total. The molecule has 0 radical (unpaired) electrons. The van der Waals surface area contributed by atoms with Crippen LogP contribution in [0.4, 0.5) is 0 Å².